The average molecular weight is 183 g/mol. The third-order valence-electron chi connectivity index (χ3n) is 1.83. The van der Waals surface area contributed by atoms with E-state index < -0.39 is 5.56 Å². The Labute approximate surface area is 90.5 Å². The Morgan fingerprint density at radius 2 is 1.71 bits per heavy atom. The molecule has 0 aliphatic rings. The van der Waals surface area contributed by atoms with E-state index in [9.17, 15) is 9.59 Å². The molecule has 2 rings (SSSR count). The smallest absolute Gasteiger partial charge is 0.698 e. The number of hydrogen-bond acceptors (Lipinski definition) is 2. The summed E-state index contributed by atoms with van der Waals surface area (Å²) in [7, 11) is 0. The van der Waals surface area contributed by atoms with Crippen molar-refractivity contribution < 1.29 is 18.9 Å². The zero-order valence-corrected chi connectivity index (χ0v) is 7.55. The van der Waals surface area contributed by atoms with Crippen LogP contribution in [-0.2, 0) is 0 Å². The fourth-order valence-electron chi connectivity index (χ4n) is 1.23. The minimum atomic E-state index is -0.444. The van der Waals surface area contributed by atoms with Gasteiger partial charge in [-0.15, -0.1) is 5.69 Å². The van der Waals surface area contributed by atoms with Crippen LogP contribution >= 0.6 is 0 Å². The summed E-state index contributed by atoms with van der Waals surface area (Å²) < 4.78 is 0. The molecule has 0 amide bonds. The number of hydrogen-bond donors (Lipinski definition) is 2. The molecule has 2 aromatic rings. The summed E-state index contributed by atoms with van der Waals surface area (Å²) >= 11 is 0. The normalized spacial score (nSPS) is 9.71. The van der Waals surface area contributed by atoms with E-state index in [-0.39, 0.29) is 40.9 Å². The number of rotatable bonds is 0. The van der Waals surface area contributed by atoms with Gasteiger partial charge in [0.2, 0.25) is 0 Å². The molecule has 6 heteroatoms. The van der Waals surface area contributed by atoms with Gasteiger partial charge in [0.15, 0.2) is 0 Å². The Bertz CT molecular complexity index is 573. The zero-order chi connectivity index (χ0) is 9.42. The van der Waals surface area contributed by atoms with E-state index >= 15 is 0 Å². The fourth-order valence-corrected chi connectivity index (χ4v) is 1.23. The van der Waals surface area contributed by atoms with Crippen LogP contribution in [0, 0.1) is 0 Å². The van der Waals surface area contributed by atoms with Gasteiger partial charge in [-0.3, -0.25) is 19.8 Å². The quantitative estimate of drug-likeness (QED) is 0.458. The van der Waals surface area contributed by atoms with Gasteiger partial charge < -0.3 is 5.73 Å². The number of nitrogens with one attached hydrogen (secondary N) is 3. The molecule has 0 saturated heterocycles. The minimum Gasteiger partial charge on any atom is -0.698 e. The first kappa shape index (κ1) is 10.6. The molecule has 0 bridgehead atoms. The van der Waals surface area contributed by atoms with Crippen LogP contribution in [0.25, 0.3) is 16.5 Å². The number of H-pyrrole nitrogens is 2. The number of aromatic nitrogens is 2. The van der Waals surface area contributed by atoms with Gasteiger partial charge in [0.1, 0.15) is 0 Å². The molecular weight excluding hydrogens is 177 g/mol. The second-order valence-corrected chi connectivity index (χ2v) is 2.64. The second kappa shape index (κ2) is 3.74. The van der Waals surface area contributed by atoms with Crippen LogP contribution < -0.4 is 30.0 Å². The van der Waals surface area contributed by atoms with E-state index in [0.29, 0.717) is 0 Å². The number of aromatic amines is 2. The SMILES string of the molecule is [Li+].[NH-]c1cccc2c(=O)[nH][nH]c(=O)c12. The molecular formula is C8H6LiN3O2. The van der Waals surface area contributed by atoms with Crippen LogP contribution in [-0.4, -0.2) is 10.2 Å². The molecule has 0 saturated carbocycles. The summed E-state index contributed by atoms with van der Waals surface area (Å²) in [6.07, 6.45) is 0. The van der Waals surface area contributed by atoms with Crippen molar-refractivity contribution in [1.82, 2.24) is 10.2 Å². The first-order valence-electron chi connectivity index (χ1n) is 3.65. The van der Waals surface area contributed by atoms with Crippen molar-refractivity contribution in [3.05, 3.63) is 44.6 Å². The first-order valence-corrected chi connectivity index (χ1v) is 3.65. The van der Waals surface area contributed by atoms with Gasteiger partial charge in [-0.25, -0.2) is 0 Å². The van der Waals surface area contributed by atoms with E-state index in [2.05, 4.69) is 10.2 Å². The van der Waals surface area contributed by atoms with Crippen molar-refractivity contribution in [2.75, 3.05) is 0 Å². The predicted molar refractivity (Wildman–Crippen MR) is 49.2 cm³/mol. The monoisotopic (exact) mass is 183 g/mol. The first-order chi connectivity index (χ1) is 6.20. The van der Waals surface area contributed by atoms with Crippen LogP contribution in [0.15, 0.2) is 27.8 Å². The van der Waals surface area contributed by atoms with Crippen LogP contribution in [0.4, 0.5) is 5.69 Å². The number of benzene rings is 1. The third-order valence-corrected chi connectivity index (χ3v) is 1.83. The summed E-state index contributed by atoms with van der Waals surface area (Å²) in [5.41, 5.74) is 6.66. The standard InChI is InChI=1S/C8H7N3O2.Li/c9-5-3-1-2-4-6(5)8(13)11-10-7(4)12;/h1-3H,(H4,9,10,11,12,13);/q;+1/p-1. The summed E-state index contributed by atoms with van der Waals surface area (Å²) in [6.45, 7) is 0. The summed E-state index contributed by atoms with van der Waals surface area (Å²) in [4.78, 5) is 22.4. The Kier molecular flexibility index (Phi) is 2.84. The van der Waals surface area contributed by atoms with Gasteiger partial charge in [-0.2, -0.15) is 0 Å². The Balaban J connectivity index is 0.000000980. The molecule has 0 spiro atoms. The van der Waals surface area contributed by atoms with E-state index in [1.165, 1.54) is 12.1 Å². The van der Waals surface area contributed by atoms with Crippen molar-refractivity contribution in [2.24, 2.45) is 0 Å². The van der Waals surface area contributed by atoms with Crippen LogP contribution in [0.1, 0.15) is 0 Å². The van der Waals surface area contributed by atoms with E-state index in [1.54, 1.807) is 6.07 Å². The predicted octanol–water partition coefficient (Wildman–Crippen LogP) is -2.10. The summed E-state index contributed by atoms with van der Waals surface area (Å²) in [6, 6.07) is 4.55. The maximum Gasteiger partial charge on any atom is 1.00 e. The van der Waals surface area contributed by atoms with Gasteiger partial charge in [0.25, 0.3) is 11.1 Å². The molecule has 0 aliphatic heterocycles. The van der Waals surface area contributed by atoms with Crippen molar-refractivity contribution in [2.45, 2.75) is 0 Å². The molecule has 1 aromatic carbocycles. The van der Waals surface area contributed by atoms with Gasteiger partial charge in [-0.1, -0.05) is 12.1 Å². The third kappa shape index (κ3) is 1.48. The van der Waals surface area contributed by atoms with Crippen LogP contribution in [0.5, 0.6) is 0 Å². The van der Waals surface area contributed by atoms with Crippen LogP contribution in [0.3, 0.4) is 0 Å². The van der Waals surface area contributed by atoms with Crippen molar-refractivity contribution in [3.8, 4) is 0 Å². The molecule has 1 aromatic heterocycles. The molecule has 0 atom stereocenters. The number of fused-ring (bicyclic) bond motifs is 1. The topological polar surface area (TPSA) is 89.5 Å². The Morgan fingerprint density at radius 1 is 1.07 bits per heavy atom. The Morgan fingerprint density at radius 3 is 2.36 bits per heavy atom. The fraction of sp³-hybridized carbons (Fsp3) is 0. The maximum atomic E-state index is 11.2. The molecule has 66 valence electrons. The summed E-state index contributed by atoms with van der Waals surface area (Å²) in [5.74, 6) is 0. The average Bonchev–Trinajstić information content (AvgIpc) is 2.12. The van der Waals surface area contributed by atoms with E-state index in [4.69, 9.17) is 5.73 Å². The maximum absolute atomic E-state index is 11.2. The van der Waals surface area contributed by atoms with E-state index in [1.807, 2.05) is 0 Å². The van der Waals surface area contributed by atoms with Gasteiger partial charge in [-0.05, 0) is 6.07 Å². The van der Waals surface area contributed by atoms with E-state index in [0.717, 1.165) is 0 Å². The zero-order valence-electron chi connectivity index (χ0n) is 7.55. The minimum absolute atomic E-state index is 0. The van der Waals surface area contributed by atoms with Gasteiger partial charge in [0.05, 0.1) is 5.39 Å². The molecule has 5 nitrogen and oxygen atoms in total. The second-order valence-electron chi connectivity index (χ2n) is 2.64. The van der Waals surface area contributed by atoms with Crippen molar-refractivity contribution in [3.63, 3.8) is 0 Å². The summed E-state index contributed by atoms with van der Waals surface area (Å²) in [5, 5.41) is 4.74. The molecule has 14 heavy (non-hydrogen) atoms. The van der Waals surface area contributed by atoms with Crippen molar-refractivity contribution in [1.29, 1.82) is 0 Å². The van der Waals surface area contributed by atoms with Gasteiger partial charge in [0, 0.05) is 5.39 Å². The van der Waals surface area contributed by atoms with Crippen LogP contribution in [0.2, 0.25) is 0 Å². The van der Waals surface area contributed by atoms with Gasteiger partial charge >= 0.3 is 18.9 Å². The molecule has 3 N–H and O–H groups in total. The largest absolute Gasteiger partial charge is 1.00 e. The molecule has 0 radical (unpaired) electrons. The molecule has 1 heterocycles. The molecule has 0 unspecified atom stereocenters. The Hall–Kier alpha value is -1.44. The molecule has 0 fully saturated rings. The molecule has 0 aliphatic carbocycles. The van der Waals surface area contributed by atoms with Crippen molar-refractivity contribution >= 4 is 16.5 Å².